The van der Waals surface area contributed by atoms with E-state index in [1.54, 1.807) is 11.1 Å². The molecule has 2 aromatic heterocycles. The number of halogens is 1. The van der Waals surface area contributed by atoms with Crippen molar-refractivity contribution < 1.29 is 14.2 Å². The summed E-state index contributed by atoms with van der Waals surface area (Å²) in [6, 6.07) is 7.97. The molecular formula is C23H23ClN6O4. The Morgan fingerprint density at radius 2 is 1.88 bits per heavy atom. The third-order valence-corrected chi connectivity index (χ3v) is 6.75. The van der Waals surface area contributed by atoms with E-state index >= 15 is 0 Å². The van der Waals surface area contributed by atoms with Crippen LogP contribution in [0.15, 0.2) is 41.1 Å². The standard InChI is InChI=1S/C23H23ClN6O4/c24-18-7-5-16(13-19(18)30(32)33)23(31)29-11-9-28(10-12-29)20-8-6-17(14-25-20)21-26-22(34-27-21)15-3-1-2-4-15/h5-8,13-15H,1-4,9-12H2. The first-order valence-electron chi connectivity index (χ1n) is 11.3. The van der Waals surface area contributed by atoms with Gasteiger partial charge in [-0.1, -0.05) is 29.6 Å². The number of carbonyl (C=O) groups excluding carboxylic acids is 1. The van der Waals surface area contributed by atoms with E-state index in [-0.39, 0.29) is 22.2 Å². The molecule has 1 aliphatic carbocycles. The third-order valence-electron chi connectivity index (χ3n) is 6.43. The highest BCUT2D eigenvalue weighted by Gasteiger charge is 2.26. The van der Waals surface area contributed by atoms with Gasteiger partial charge in [-0.25, -0.2) is 4.98 Å². The van der Waals surface area contributed by atoms with Gasteiger partial charge in [0, 0.05) is 55.5 Å². The highest BCUT2D eigenvalue weighted by atomic mass is 35.5. The molecule has 3 aromatic rings. The van der Waals surface area contributed by atoms with Gasteiger partial charge in [0.1, 0.15) is 10.8 Å². The van der Waals surface area contributed by atoms with Gasteiger partial charge in [-0.2, -0.15) is 4.98 Å². The molecule has 1 saturated heterocycles. The maximum absolute atomic E-state index is 12.8. The zero-order valence-electron chi connectivity index (χ0n) is 18.4. The molecular weight excluding hydrogens is 460 g/mol. The van der Waals surface area contributed by atoms with Gasteiger partial charge in [-0.15, -0.1) is 0 Å². The van der Waals surface area contributed by atoms with E-state index in [1.807, 2.05) is 12.1 Å². The summed E-state index contributed by atoms with van der Waals surface area (Å²) >= 11 is 5.86. The average molecular weight is 483 g/mol. The number of rotatable bonds is 5. The van der Waals surface area contributed by atoms with Crippen molar-refractivity contribution >= 4 is 29.0 Å². The van der Waals surface area contributed by atoms with Crippen molar-refractivity contribution in [3.8, 4) is 11.4 Å². The molecule has 0 atom stereocenters. The first kappa shape index (κ1) is 22.3. The van der Waals surface area contributed by atoms with Crippen molar-refractivity contribution in [3.63, 3.8) is 0 Å². The fourth-order valence-corrected chi connectivity index (χ4v) is 4.69. The summed E-state index contributed by atoms with van der Waals surface area (Å²) in [6.45, 7) is 2.16. The lowest BCUT2D eigenvalue weighted by atomic mass is 10.1. The van der Waals surface area contributed by atoms with E-state index < -0.39 is 4.92 Å². The van der Waals surface area contributed by atoms with Crippen molar-refractivity contribution in [2.24, 2.45) is 0 Å². The molecule has 34 heavy (non-hydrogen) atoms. The highest BCUT2D eigenvalue weighted by Crippen LogP contribution is 2.34. The predicted molar refractivity (Wildman–Crippen MR) is 125 cm³/mol. The fraction of sp³-hybridized carbons (Fsp3) is 0.391. The van der Waals surface area contributed by atoms with Crippen molar-refractivity contribution in [1.82, 2.24) is 20.0 Å². The summed E-state index contributed by atoms with van der Waals surface area (Å²) in [7, 11) is 0. The molecule has 0 bridgehead atoms. The maximum Gasteiger partial charge on any atom is 0.288 e. The molecule has 2 fully saturated rings. The number of hydrogen-bond donors (Lipinski definition) is 0. The minimum atomic E-state index is -0.587. The second-order valence-electron chi connectivity index (χ2n) is 8.55. The lowest BCUT2D eigenvalue weighted by Crippen LogP contribution is -2.49. The summed E-state index contributed by atoms with van der Waals surface area (Å²) < 4.78 is 5.47. The van der Waals surface area contributed by atoms with Crippen molar-refractivity contribution in [2.45, 2.75) is 31.6 Å². The zero-order chi connectivity index (χ0) is 23.7. The minimum absolute atomic E-state index is 0.0106. The predicted octanol–water partition coefficient (Wildman–Crippen LogP) is 4.31. The van der Waals surface area contributed by atoms with Crippen LogP contribution in [-0.2, 0) is 0 Å². The molecule has 0 unspecified atom stereocenters. The van der Waals surface area contributed by atoms with Crippen LogP contribution >= 0.6 is 11.6 Å². The summed E-state index contributed by atoms with van der Waals surface area (Å²) in [4.78, 5) is 36.3. The van der Waals surface area contributed by atoms with Crippen LogP contribution in [-0.4, -0.2) is 57.0 Å². The molecule has 11 heteroatoms. The van der Waals surface area contributed by atoms with Crippen LogP contribution in [0.5, 0.6) is 0 Å². The van der Waals surface area contributed by atoms with E-state index in [9.17, 15) is 14.9 Å². The number of amides is 1. The van der Waals surface area contributed by atoms with Crippen molar-refractivity contribution in [3.05, 3.63) is 63.1 Å². The molecule has 10 nitrogen and oxygen atoms in total. The number of nitro groups is 1. The van der Waals surface area contributed by atoms with Gasteiger partial charge in [0.2, 0.25) is 11.7 Å². The molecule has 5 rings (SSSR count). The lowest BCUT2D eigenvalue weighted by molar-refractivity contribution is -0.384. The summed E-state index contributed by atoms with van der Waals surface area (Å²) in [5.74, 6) is 2.18. The Kier molecular flexibility index (Phi) is 6.14. The van der Waals surface area contributed by atoms with Gasteiger partial charge >= 0.3 is 0 Å². The second-order valence-corrected chi connectivity index (χ2v) is 8.95. The summed E-state index contributed by atoms with van der Waals surface area (Å²) in [5, 5.41) is 15.2. The number of piperazine rings is 1. The number of benzene rings is 1. The minimum Gasteiger partial charge on any atom is -0.353 e. The first-order valence-corrected chi connectivity index (χ1v) is 11.7. The average Bonchev–Trinajstić information content (AvgIpc) is 3.56. The summed E-state index contributed by atoms with van der Waals surface area (Å²) in [5.41, 5.74) is 0.784. The smallest absolute Gasteiger partial charge is 0.288 e. The van der Waals surface area contributed by atoms with Gasteiger partial charge in [-0.05, 0) is 37.1 Å². The molecule has 176 valence electrons. The molecule has 0 spiro atoms. The van der Waals surface area contributed by atoms with Crippen LogP contribution in [0.4, 0.5) is 11.5 Å². The monoisotopic (exact) mass is 482 g/mol. The van der Waals surface area contributed by atoms with Crippen LogP contribution in [0.2, 0.25) is 5.02 Å². The number of nitro benzene ring substituents is 1. The van der Waals surface area contributed by atoms with E-state index in [2.05, 4.69) is 20.0 Å². The van der Waals surface area contributed by atoms with E-state index in [4.69, 9.17) is 16.1 Å². The number of hydrogen-bond acceptors (Lipinski definition) is 8. The Hall–Kier alpha value is -3.53. The van der Waals surface area contributed by atoms with Gasteiger partial charge in [0.05, 0.1) is 4.92 Å². The highest BCUT2D eigenvalue weighted by molar-refractivity contribution is 6.32. The van der Waals surface area contributed by atoms with Crippen LogP contribution in [0, 0.1) is 10.1 Å². The Morgan fingerprint density at radius 3 is 2.56 bits per heavy atom. The molecule has 2 aliphatic rings. The molecule has 1 aromatic carbocycles. The molecule has 1 saturated carbocycles. The number of aromatic nitrogens is 3. The number of anilines is 1. The van der Waals surface area contributed by atoms with Crippen LogP contribution < -0.4 is 4.90 Å². The molecule has 3 heterocycles. The van der Waals surface area contributed by atoms with Crippen molar-refractivity contribution in [1.29, 1.82) is 0 Å². The Bertz CT molecular complexity index is 1200. The molecule has 1 aliphatic heterocycles. The second kappa shape index (κ2) is 9.38. The normalized spacial score (nSPS) is 16.7. The lowest BCUT2D eigenvalue weighted by Gasteiger charge is -2.35. The Morgan fingerprint density at radius 1 is 1.12 bits per heavy atom. The number of pyridine rings is 1. The quantitative estimate of drug-likeness (QED) is 0.389. The van der Waals surface area contributed by atoms with Crippen LogP contribution in [0.25, 0.3) is 11.4 Å². The van der Waals surface area contributed by atoms with Crippen LogP contribution in [0.1, 0.15) is 47.8 Å². The zero-order valence-corrected chi connectivity index (χ0v) is 19.1. The van der Waals surface area contributed by atoms with Crippen LogP contribution in [0.3, 0.4) is 0 Å². The first-order chi connectivity index (χ1) is 16.5. The fourth-order valence-electron chi connectivity index (χ4n) is 4.50. The number of nitrogens with zero attached hydrogens (tertiary/aromatic N) is 6. The molecule has 1 amide bonds. The van der Waals surface area contributed by atoms with E-state index in [0.29, 0.717) is 43.8 Å². The largest absolute Gasteiger partial charge is 0.353 e. The van der Waals surface area contributed by atoms with Gasteiger partial charge in [0.25, 0.3) is 11.6 Å². The Balaban J connectivity index is 1.21. The van der Waals surface area contributed by atoms with Gasteiger partial charge in [-0.3, -0.25) is 14.9 Å². The molecule has 0 radical (unpaired) electrons. The maximum atomic E-state index is 12.8. The summed E-state index contributed by atoms with van der Waals surface area (Å²) in [6.07, 6.45) is 6.35. The number of carbonyl (C=O) groups is 1. The van der Waals surface area contributed by atoms with Gasteiger partial charge in [0.15, 0.2) is 0 Å². The van der Waals surface area contributed by atoms with E-state index in [1.165, 1.54) is 31.0 Å². The van der Waals surface area contributed by atoms with Crippen molar-refractivity contribution in [2.75, 3.05) is 31.1 Å². The SMILES string of the molecule is O=C(c1ccc(Cl)c([N+](=O)[O-])c1)N1CCN(c2ccc(-c3noc(C4CCCC4)n3)cn2)CC1. The van der Waals surface area contributed by atoms with Gasteiger partial charge < -0.3 is 14.3 Å². The molecule has 0 N–H and O–H groups in total. The van der Waals surface area contributed by atoms with E-state index in [0.717, 1.165) is 24.2 Å². The topological polar surface area (TPSA) is 118 Å². The Labute approximate surface area is 200 Å². The third kappa shape index (κ3) is 4.45.